The Labute approximate surface area is 176 Å². The molecule has 3 aromatic rings. The minimum atomic E-state index is -0.548. The first-order valence-electron chi connectivity index (χ1n) is 10.2. The summed E-state index contributed by atoms with van der Waals surface area (Å²) in [5.74, 6) is 1.28. The van der Waals surface area contributed by atoms with Crippen LogP contribution >= 0.6 is 0 Å². The quantitative estimate of drug-likeness (QED) is 0.467. The van der Waals surface area contributed by atoms with Gasteiger partial charge < -0.3 is 24.8 Å². The summed E-state index contributed by atoms with van der Waals surface area (Å²) in [6, 6.07) is 11.7. The van der Waals surface area contributed by atoms with Crippen LogP contribution in [0.1, 0.15) is 25.0 Å². The molecule has 0 saturated carbocycles. The first-order chi connectivity index (χ1) is 14.6. The summed E-state index contributed by atoms with van der Waals surface area (Å²) < 4.78 is 16.0. The number of aromatic nitrogens is 2. The second kappa shape index (κ2) is 10.9. The van der Waals surface area contributed by atoms with E-state index in [0.29, 0.717) is 31.1 Å². The molecule has 2 N–H and O–H groups in total. The molecular formula is C22H30N4O4. The van der Waals surface area contributed by atoms with Crippen molar-refractivity contribution in [3.05, 3.63) is 47.5 Å². The fourth-order valence-corrected chi connectivity index (χ4v) is 3.25. The molecule has 0 aliphatic heterocycles. The van der Waals surface area contributed by atoms with Gasteiger partial charge in [0.25, 0.3) is 0 Å². The lowest BCUT2D eigenvalue weighted by atomic mass is 10.1. The van der Waals surface area contributed by atoms with E-state index in [2.05, 4.69) is 34.4 Å². The van der Waals surface area contributed by atoms with E-state index in [1.54, 1.807) is 7.11 Å². The molecule has 0 aliphatic carbocycles. The van der Waals surface area contributed by atoms with E-state index in [0.717, 1.165) is 35.2 Å². The molecule has 0 amide bonds. The number of likely N-dealkylation sites (N-methyl/N-ethyl adjacent to an activating group) is 1. The number of methoxy groups -OCH3 is 1. The van der Waals surface area contributed by atoms with Gasteiger partial charge in [-0.1, -0.05) is 26.0 Å². The van der Waals surface area contributed by atoms with Gasteiger partial charge in [0.15, 0.2) is 11.5 Å². The second-order valence-corrected chi connectivity index (χ2v) is 7.13. The van der Waals surface area contributed by atoms with Gasteiger partial charge in [-0.3, -0.25) is 0 Å². The van der Waals surface area contributed by atoms with E-state index in [1.807, 2.05) is 36.4 Å². The summed E-state index contributed by atoms with van der Waals surface area (Å²) in [6.45, 7) is 8.16. The zero-order valence-corrected chi connectivity index (χ0v) is 17.8. The summed E-state index contributed by atoms with van der Waals surface area (Å²) >= 11 is 0. The van der Waals surface area contributed by atoms with Crippen LogP contribution in [-0.2, 0) is 13.1 Å². The Bertz CT molecular complexity index is 926. The highest BCUT2D eigenvalue weighted by atomic mass is 16.6. The molecule has 2 aromatic carbocycles. The molecule has 0 radical (unpaired) electrons. The molecule has 8 nitrogen and oxygen atoms in total. The number of aliphatic hydroxyl groups excluding tert-OH is 1. The summed E-state index contributed by atoms with van der Waals surface area (Å²) in [5.41, 5.74) is 3.68. The minimum Gasteiger partial charge on any atom is -0.493 e. The van der Waals surface area contributed by atoms with Gasteiger partial charge in [-0.2, -0.15) is 0 Å². The lowest BCUT2D eigenvalue weighted by Crippen LogP contribution is -2.35. The monoisotopic (exact) mass is 414 g/mol. The average Bonchev–Trinajstić information content (AvgIpc) is 3.24. The molecule has 1 heterocycles. The molecule has 0 bridgehead atoms. The van der Waals surface area contributed by atoms with Crippen molar-refractivity contribution in [2.24, 2.45) is 0 Å². The fraction of sp³-hybridized carbons (Fsp3) is 0.455. The number of fused-ring (bicyclic) bond motifs is 1. The molecule has 30 heavy (non-hydrogen) atoms. The molecule has 0 aliphatic rings. The maximum atomic E-state index is 10.2. The molecule has 0 fully saturated rings. The lowest BCUT2D eigenvalue weighted by Gasteiger charge is -2.22. The van der Waals surface area contributed by atoms with Gasteiger partial charge in [-0.25, -0.2) is 4.63 Å². The van der Waals surface area contributed by atoms with Crippen LogP contribution in [-0.4, -0.2) is 59.8 Å². The van der Waals surface area contributed by atoms with Gasteiger partial charge in [0.05, 0.1) is 7.11 Å². The molecule has 1 atom stereocenters. The molecule has 3 rings (SSSR count). The maximum Gasteiger partial charge on any atom is 0.161 e. The van der Waals surface area contributed by atoms with Crippen LogP contribution in [0.25, 0.3) is 11.0 Å². The first-order valence-corrected chi connectivity index (χ1v) is 10.2. The van der Waals surface area contributed by atoms with Crippen molar-refractivity contribution >= 4 is 11.0 Å². The third kappa shape index (κ3) is 5.91. The van der Waals surface area contributed by atoms with E-state index in [9.17, 15) is 5.11 Å². The number of hydrogen-bond donors (Lipinski definition) is 2. The van der Waals surface area contributed by atoms with Crippen LogP contribution in [0.5, 0.6) is 11.5 Å². The van der Waals surface area contributed by atoms with Crippen molar-refractivity contribution in [1.82, 2.24) is 20.5 Å². The standard InChI is InChI=1S/C22H30N4O4/c1-4-26(5-2)14-18(27)15-29-21-9-7-17(11-22(21)28-3)13-23-12-16-6-8-19-20(10-16)25-30-24-19/h6-11,18,23,27H,4-5,12-15H2,1-3H3. The zero-order chi connectivity index (χ0) is 21.3. The van der Waals surface area contributed by atoms with E-state index in [-0.39, 0.29) is 6.61 Å². The third-order valence-corrected chi connectivity index (χ3v) is 5.00. The van der Waals surface area contributed by atoms with Crippen LogP contribution in [0.15, 0.2) is 41.0 Å². The molecule has 1 aromatic heterocycles. The number of ether oxygens (including phenoxy) is 2. The van der Waals surface area contributed by atoms with E-state index < -0.39 is 6.10 Å². The van der Waals surface area contributed by atoms with Gasteiger partial charge in [0.2, 0.25) is 0 Å². The van der Waals surface area contributed by atoms with Crippen LogP contribution in [0, 0.1) is 0 Å². The van der Waals surface area contributed by atoms with Crippen LogP contribution in [0.4, 0.5) is 0 Å². The highest BCUT2D eigenvalue weighted by molar-refractivity contribution is 5.73. The van der Waals surface area contributed by atoms with Crippen molar-refractivity contribution < 1.29 is 19.2 Å². The van der Waals surface area contributed by atoms with Crippen molar-refractivity contribution in [2.75, 3.05) is 33.4 Å². The van der Waals surface area contributed by atoms with Crippen molar-refractivity contribution in [3.63, 3.8) is 0 Å². The molecule has 0 spiro atoms. The predicted octanol–water partition coefficient (Wildman–Crippen LogP) is 2.60. The van der Waals surface area contributed by atoms with E-state index in [4.69, 9.17) is 14.1 Å². The topological polar surface area (TPSA) is 92.9 Å². The first kappa shape index (κ1) is 22.0. The van der Waals surface area contributed by atoms with Crippen molar-refractivity contribution in [2.45, 2.75) is 33.0 Å². The molecule has 0 saturated heterocycles. The van der Waals surface area contributed by atoms with E-state index in [1.165, 1.54) is 0 Å². The number of rotatable bonds is 12. The Hall–Kier alpha value is -2.68. The molecular weight excluding hydrogens is 384 g/mol. The Morgan fingerprint density at radius 2 is 1.70 bits per heavy atom. The smallest absolute Gasteiger partial charge is 0.161 e. The van der Waals surface area contributed by atoms with Gasteiger partial charge >= 0.3 is 0 Å². The molecule has 8 heteroatoms. The Morgan fingerprint density at radius 3 is 2.43 bits per heavy atom. The number of aliphatic hydroxyl groups is 1. The van der Waals surface area contributed by atoms with Crippen LogP contribution < -0.4 is 14.8 Å². The Balaban J connectivity index is 1.51. The number of hydrogen-bond acceptors (Lipinski definition) is 8. The highest BCUT2D eigenvalue weighted by Crippen LogP contribution is 2.28. The largest absolute Gasteiger partial charge is 0.493 e. The van der Waals surface area contributed by atoms with Gasteiger partial charge in [-0.15, -0.1) is 0 Å². The second-order valence-electron chi connectivity index (χ2n) is 7.13. The summed E-state index contributed by atoms with van der Waals surface area (Å²) in [5, 5.41) is 21.3. The maximum absolute atomic E-state index is 10.2. The minimum absolute atomic E-state index is 0.226. The lowest BCUT2D eigenvalue weighted by molar-refractivity contribution is 0.0705. The number of benzene rings is 2. The van der Waals surface area contributed by atoms with E-state index >= 15 is 0 Å². The third-order valence-electron chi connectivity index (χ3n) is 5.00. The highest BCUT2D eigenvalue weighted by Gasteiger charge is 2.12. The predicted molar refractivity (Wildman–Crippen MR) is 115 cm³/mol. The Kier molecular flexibility index (Phi) is 8.01. The number of nitrogens with one attached hydrogen (secondary N) is 1. The molecule has 162 valence electrons. The van der Waals surface area contributed by atoms with Crippen molar-refractivity contribution in [1.29, 1.82) is 0 Å². The zero-order valence-electron chi connectivity index (χ0n) is 17.8. The number of nitrogens with zero attached hydrogens (tertiary/aromatic N) is 3. The Morgan fingerprint density at radius 1 is 1.00 bits per heavy atom. The van der Waals surface area contributed by atoms with Crippen LogP contribution in [0.3, 0.4) is 0 Å². The van der Waals surface area contributed by atoms with Gasteiger partial charge in [0, 0.05) is 19.6 Å². The van der Waals surface area contributed by atoms with Crippen LogP contribution in [0.2, 0.25) is 0 Å². The normalized spacial score (nSPS) is 12.4. The average molecular weight is 415 g/mol. The SMILES string of the molecule is CCN(CC)CC(O)COc1ccc(CNCc2ccc3nonc3c2)cc1OC. The summed E-state index contributed by atoms with van der Waals surface area (Å²) in [6.07, 6.45) is -0.548. The van der Waals surface area contributed by atoms with Crippen molar-refractivity contribution in [3.8, 4) is 11.5 Å². The summed E-state index contributed by atoms with van der Waals surface area (Å²) in [4.78, 5) is 2.16. The van der Waals surface area contributed by atoms with Gasteiger partial charge in [-0.05, 0) is 58.8 Å². The summed E-state index contributed by atoms with van der Waals surface area (Å²) in [7, 11) is 1.62. The van der Waals surface area contributed by atoms with Gasteiger partial charge in [0.1, 0.15) is 23.7 Å². The fourth-order valence-electron chi connectivity index (χ4n) is 3.25. The molecule has 1 unspecified atom stereocenters.